The Bertz CT molecular complexity index is 370. The molecule has 1 fully saturated rings. The SMILES string of the molecule is CC(=O)OCCN1CC[C@H](OC(C)=O)[C@@H]1COC(C)=O. The van der Waals surface area contributed by atoms with Gasteiger partial charge in [0.1, 0.15) is 19.3 Å². The first kappa shape index (κ1) is 16.4. The van der Waals surface area contributed by atoms with E-state index in [0.717, 1.165) is 0 Å². The van der Waals surface area contributed by atoms with Crippen molar-refractivity contribution in [3.8, 4) is 0 Å². The Morgan fingerprint density at radius 2 is 1.70 bits per heavy atom. The molecule has 1 heterocycles. The minimum atomic E-state index is -0.376. The van der Waals surface area contributed by atoms with Crippen LogP contribution in [0.15, 0.2) is 0 Å². The van der Waals surface area contributed by atoms with Crippen LogP contribution in [-0.4, -0.2) is 61.3 Å². The van der Waals surface area contributed by atoms with Crippen molar-refractivity contribution >= 4 is 17.9 Å². The predicted octanol–water partition coefficient (Wildman–Crippen LogP) is 0.119. The van der Waals surface area contributed by atoms with Gasteiger partial charge in [0.05, 0.1) is 6.04 Å². The highest BCUT2D eigenvalue weighted by atomic mass is 16.6. The summed E-state index contributed by atoms with van der Waals surface area (Å²) in [6.45, 7) is 5.67. The summed E-state index contributed by atoms with van der Waals surface area (Å²) in [5, 5.41) is 0. The van der Waals surface area contributed by atoms with Crippen molar-refractivity contribution in [2.45, 2.75) is 39.3 Å². The molecule has 114 valence electrons. The number of hydrogen-bond donors (Lipinski definition) is 0. The molecule has 1 saturated heterocycles. The van der Waals surface area contributed by atoms with E-state index in [2.05, 4.69) is 0 Å². The van der Waals surface area contributed by atoms with Crippen LogP contribution < -0.4 is 0 Å². The molecule has 0 amide bonds. The molecule has 0 aromatic rings. The van der Waals surface area contributed by atoms with Gasteiger partial charge in [-0.25, -0.2) is 0 Å². The molecule has 7 heteroatoms. The number of ether oxygens (including phenoxy) is 3. The molecule has 1 rings (SSSR count). The number of carbonyl (C=O) groups is 3. The van der Waals surface area contributed by atoms with Crippen LogP contribution in [0.2, 0.25) is 0 Å². The fourth-order valence-corrected chi connectivity index (χ4v) is 2.24. The first-order valence-corrected chi connectivity index (χ1v) is 6.58. The number of carbonyl (C=O) groups excluding carboxylic acids is 3. The normalized spacial score (nSPS) is 22.4. The number of nitrogens with zero attached hydrogens (tertiary/aromatic N) is 1. The molecule has 0 saturated carbocycles. The van der Waals surface area contributed by atoms with Crippen molar-refractivity contribution in [2.24, 2.45) is 0 Å². The highest BCUT2D eigenvalue weighted by Crippen LogP contribution is 2.21. The molecule has 0 spiro atoms. The lowest BCUT2D eigenvalue weighted by molar-refractivity contribution is -0.150. The van der Waals surface area contributed by atoms with E-state index in [4.69, 9.17) is 14.2 Å². The monoisotopic (exact) mass is 287 g/mol. The molecule has 0 aromatic heterocycles. The van der Waals surface area contributed by atoms with Gasteiger partial charge in [0.2, 0.25) is 0 Å². The van der Waals surface area contributed by atoms with Gasteiger partial charge in [0, 0.05) is 33.9 Å². The highest BCUT2D eigenvalue weighted by molar-refractivity contribution is 5.67. The third-order valence-corrected chi connectivity index (χ3v) is 3.06. The Hall–Kier alpha value is -1.63. The summed E-state index contributed by atoms with van der Waals surface area (Å²) in [5.74, 6) is -1.07. The maximum Gasteiger partial charge on any atom is 0.302 e. The number of rotatable bonds is 6. The summed E-state index contributed by atoms with van der Waals surface area (Å²) in [5.41, 5.74) is 0. The van der Waals surface area contributed by atoms with E-state index in [1.807, 2.05) is 4.90 Å². The molecule has 0 unspecified atom stereocenters. The van der Waals surface area contributed by atoms with Gasteiger partial charge in [-0.15, -0.1) is 0 Å². The van der Waals surface area contributed by atoms with Crippen molar-refractivity contribution < 1.29 is 28.6 Å². The third kappa shape index (κ3) is 5.56. The van der Waals surface area contributed by atoms with Crippen LogP contribution in [0.25, 0.3) is 0 Å². The topological polar surface area (TPSA) is 82.1 Å². The van der Waals surface area contributed by atoms with E-state index in [1.54, 1.807) is 0 Å². The van der Waals surface area contributed by atoms with Crippen LogP contribution in [-0.2, 0) is 28.6 Å². The van der Waals surface area contributed by atoms with Crippen LogP contribution in [0.5, 0.6) is 0 Å². The van der Waals surface area contributed by atoms with Gasteiger partial charge in [-0.3, -0.25) is 19.3 Å². The van der Waals surface area contributed by atoms with Crippen LogP contribution in [0.1, 0.15) is 27.2 Å². The van der Waals surface area contributed by atoms with Crippen LogP contribution in [0.4, 0.5) is 0 Å². The summed E-state index contributed by atoms with van der Waals surface area (Å²) >= 11 is 0. The molecule has 0 radical (unpaired) electrons. The summed E-state index contributed by atoms with van der Waals surface area (Å²) in [4.78, 5) is 34.7. The lowest BCUT2D eigenvalue weighted by atomic mass is 10.2. The van der Waals surface area contributed by atoms with E-state index in [0.29, 0.717) is 19.5 Å². The maximum absolute atomic E-state index is 11.1. The van der Waals surface area contributed by atoms with Crippen molar-refractivity contribution in [1.82, 2.24) is 4.90 Å². The minimum absolute atomic E-state index is 0.160. The Morgan fingerprint density at radius 3 is 2.25 bits per heavy atom. The fraction of sp³-hybridized carbons (Fsp3) is 0.769. The summed E-state index contributed by atoms with van der Waals surface area (Å²) in [7, 11) is 0. The zero-order valence-corrected chi connectivity index (χ0v) is 12.1. The Balaban J connectivity index is 2.54. The molecule has 0 aromatic carbocycles. The molecule has 2 atom stereocenters. The van der Waals surface area contributed by atoms with Crippen molar-refractivity contribution in [3.05, 3.63) is 0 Å². The molecule has 20 heavy (non-hydrogen) atoms. The quantitative estimate of drug-likeness (QED) is 0.507. The average Bonchev–Trinajstić information content (AvgIpc) is 2.68. The van der Waals surface area contributed by atoms with E-state index in [1.165, 1.54) is 20.8 Å². The standard InChI is InChI=1S/C13H21NO6/c1-9(15)18-7-6-14-5-4-13(20-11(3)17)12(14)8-19-10(2)16/h12-13H,4-8H2,1-3H3/t12-,13-/m0/s1. The number of hydrogen-bond acceptors (Lipinski definition) is 7. The Kier molecular flexibility index (Phi) is 6.44. The summed E-state index contributed by atoms with van der Waals surface area (Å²) in [6.07, 6.45) is 0.371. The third-order valence-electron chi connectivity index (χ3n) is 3.06. The smallest absolute Gasteiger partial charge is 0.302 e. The van der Waals surface area contributed by atoms with Crippen LogP contribution >= 0.6 is 0 Å². The fourth-order valence-electron chi connectivity index (χ4n) is 2.24. The molecule has 0 aliphatic carbocycles. The molecule has 0 N–H and O–H groups in total. The second kappa shape index (κ2) is 7.84. The van der Waals surface area contributed by atoms with Crippen molar-refractivity contribution in [3.63, 3.8) is 0 Å². The Morgan fingerprint density at radius 1 is 1.05 bits per heavy atom. The van der Waals surface area contributed by atoms with Crippen molar-refractivity contribution in [1.29, 1.82) is 0 Å². The highest BCUT2D eigenvalue weighted by Gasteiger charge is 2.36. The maximum atomic E-state index is 11.1. The largest absolute Gasteiger partial charge is 0.465 e. The van der Waals surface area contributed by atoms with Gasteiger partial charge >= 0.3 is 17.9 Å². The van der Waals surface area contributed by atoms with Gasteiger partial charge in [0.25, 0.3) is 0 Å². The van der Waals surface area contributed by atoms with Crippen LogP contribution in [0, 0.1) is 0 Å². The average molecular weight is 287 g/mol. The number of likely N-dealkylation sites (tertiary alicyclic amines) is 1. The molecular formula is C13H21NO6. The summed E-state index contributed by atoms with van der Waals surface area (Å²) in [6, 6.07) is -0.196. The second-order valence-electron chi connectivity index (χ2n) is 4.68. The van der Waals surface area contributed by atoms with Gasteiger partial charge in [-0.05, 0) is 6.42 Å². The molecule has 1 aliphatic rings. The minimum Gasteiger partial charge on any atom is -0.465 e. The van der Waals surface area contributed by atoms with E-state index in [9.17, 15) is 14.4 Å². The molecule has 7 nitrogen and oxygen atoms in total. The zero-order chi connectivity index (χ0) is 15.1. The molecular weight excluding hydrogens is 266 g/mol. The second-order valence-corrected chi connectivity index (χ2v) is 4.68. The number of esters is 3. The predicted molar refractivity (Wildman–Crippen MR) is 68.8 cm³/mol. The summed E-state index contributed by atoms with van der Waals surface area (Å²) < 4.78 is 15.1. The van der Waals surface area contributed by atoms with Crippen molar-refractivity contribution in [2.75, 3.05) is 26.3 Å². The lowest BCUT2D eigenvalue weighted by Gasteiger charge is -2.26. The first-order valence-electron chi connectivity index (χ1n) is 6.58. The van der Waals surface area contributed by atoms with E-state index >= 15 is 0 Å². The zero-order valence-electron chi connectivity index (χ0n) is 12.1. The van der Waals surface area contributed by atoms with Gasteiger partial charge in [-0.1, -0.05) is 0 Å². The van der Waals surface area contributed by atoms with Gasteiger partial charge in [-0.2, -0.15) is 0 Å². The van der Waals surface area contributed by atoms with Gasteiger partial charge in [0.15, 0.2) is 0 Å². The van der Waals surface area contributed by atoms with Gasteiger partial charge < -0.3 is 14.2 Å². The van der Waals surface area contributed by atoms with E-state index < -0.39 is 0 Å². The Labute approximate surface area is 118 Å². The van der Waals surface area contributed by atoms with E-state index in [-0.39, 0.29) is 43.3 Å². The molecule has 1 aliphatic heterocycles. The first-order chi connectivity index (χ1) is 9.40. The molecule has 0 bridgehead atoms. The lowest BCUT2D eigenvalue weighted by Crippen LogP contribution is -2.42. The van der Waals surface area contributed by atoms with Crippen LogP contribution in [0.3, 0.4) is 0 Å².